The highest BCUT2D eigenvalue weighted by molar-refractivity contribution is 7.93. The zero-order chi connectivity index (χ0) is 25.0. The minimum absolute atomic E-state index is 0.103. The maximum Gasteiger partial charge on any atom is 0.265 e. The van der Waals surface area contributed by atoms with Crippen molar-refractivity contribution in [1.82, 2.24) is 0 Å². The van der Waals surface area contributed by atoms with Crippen molar-refractivity contribution in [2.45, 2.75) is 19.1 Å². The van der Waals surface area contributed by atoms with Crippen LogP contribution in [0.1, 0.15) is 24.2 Å². The SMILES string of the molecule is CCN1C(=O)COc2ccc(C(=O)C(C)S(=O)(=O)CC(=O)Nc3ccc(OC)c(OC)c3)cc21. The number of Topliss-reactive ketones (excluding diaryl/α,β-unsaturated/α-hetero) is 1. The Labute approximate surface area is 197 Å². The Balaban J connectivity index is 1.74. The fraction of sp³-hybridized carbons (Fsp3) is 0.348. The molecule has 1 unspecified atom stereocenters. The minimum Gasteiger partial charge on any atom is -0.493 e. The van der Waals surface area contributed by atoms with Crippen LogP contribution in [-0.2, 0) is 19.4 Å². The van der Waals surface area contributed by atoms with Crippen molar-refractivity contribution < 1.29 is 37.0 Å². The van der Waals surface area contributed by atoms with E-state index in [-0.39, 0.29) is 18.1 Å². The lowest BCUT2D eigenvalue weighted by Gasteiger charge is -2.28. The van der Waals surface area contributed by atoms with E-state index in [9.17, 15) is 22.8 Å². The summed E-state index contributed by atoms with van der Waals surface area (Å²) < 4.78 is 41.3. The lowest BCUT2D eigenvalue weighted by Crippen LogP contribution is -2.39. The molecule has 3 rings (SSSR count). The molecule has 0 radical (unpaired) electrons. The second-order valence-electron chi connectivity index (χ2n) is 7.54. The number of ether oxygens (including phenoxy) is 3. The van der Waals surface area contributed by atoms with Crippen LogP contribution in [0.3, 0.4) is 0 Å². The molecule has 0 spiro atoms. The van der Waals surface area contributed by atoms with Gasteiger partial charge in [0, 0.05) is 23.9 Å². The highest BCUT2D eigenvalue weighted by Gasteiger charge is 2.32. The second-order valence-corrected chi connectivity index (χ2v) is 9.86. The molecule has 0 saturated heterocycles. The molecule has 0 aromatic heterocycles. The van der Waals surface area contributed by atoms with Crippen molar-refractivity contribution in [2.24, 2.45) is 0 Å². The van der Waals surface area contributed by atoms with Crippen LogP contribution < -0.4 is 24.4 Å². The molecule has 2 aromatic carbocycles. The van der Waals surface area contributed by atoms with Crippen molar-refractivity contribution in [3.8, 4) is 17.2 Å². The van der Waals surface area contributed by atoms with Crippen molar-refractivity contribution in [3.63, 3.8) is 0 Å². The molecule has 2 aromatic rings. The highest BCUT2D eigenvalue weighted by atomic mass is 32.2. The molecule has 0 saturated carbocycles. The van der Waals surface area contributed by atoms with Crippen molar-refractivity contribution in [1.29, 1.82) is 0 Å². The van der Waals surface area contributed by atoms with Gasteiger partial charge in [-0.25, -0.2) is 8.42 Å². The van der Waals surface area contributed by atoms with Gasteiger partial charge in [0.15, 0.2) is 33.7 Å². The Hall–Kier alpha value is -3.60. The van der Waals surface area contributed by atoms with Crippen LogP contribution >= 0.6 is 0 Å². The number of carbonyl (C=O) groups excluding carboxylic acids is 3. The van der Waals surface area contributed by atoms with Gasteiger partial charge in [-0.3, -0.25) is 14.4 Å². The number of nitrogens with zero attached hydrogens (tertiary/aromatic N) is 1. The van der Waals surface area contributed by atoms with Crippen molar-refractivity contribution in [3.05, 3.63) is 42.0 Å². The lowest BCUT2D eigenvalue weighted by molar-refractivity contribution is -0.121. The van der Waals surface area contributed by atoms with E-state index >= 15 is 0 Å². The number of amides is 2. The first kappa shape index (κ1) is 25.0. The number of fused-ring (bicyclic) bond motifs is 1. The first-order chi connectivity index (χ1) is 16.1. The van der Waals surface area contributed by atoms with E-state index in [4.69, 9.17) is 14.2 Å². The molecule has 182 valence electrons. The van der Waals surface area contributed by atoms with E-state index in [0.717, 1.165) is 0 Å². The molecule has 0 fully saturated rings. The number of methoxy groups -OCH3 is 2. The third-order valence-electron chi connectivity index (χ3n) is 5.41. The summed E-state index contributed by atoms with van der Waals surface area (Å²) in [5.74, 6) is -1.38. The molecule has 0 aliphatic carbocycles. The third kappa shape index (κ3) is 5.14. The maximum atomic E-state index is 13.0. The Morgan fingerprint density at radius 3 is 2.47 bits per heavy atom. The largest absolute Gasteiger partial charge is 0.493 e. The van der Waals surface area contributed by atoms with E-state index in [1.165, 1.54) is 56.4 Å². The predicted molar refractivity (Wildman–Crippen MR) is 126 cm³/mol. The van der Waals surface area contributed by atoms with Gasteiger partial charge < -0.3 is 24.4 Å². The molecule has 1 aliphatic rings. The van der Waals surface area contributed by atoms with E-state index in [2.05, 4.69) is 5.32 Å². The van der Waals surface area contributed by atoms with Gasteiger partial charge in [0.05, 0.1) is 19.9 Å². The summed E-state index contributed by atoms with van der Waals surface area (Å²) in [4.78, 5) is 38.9. The number of nitrogens with one attached hydrogen (secondary N) is 1. The van der Waals surface area contributed by atoms with Gasteiger partial charge in [0.25, 0.3) is 5.91 Å². The van der Waals surface area contributed by atoms with Crippen LogP contribution in [0.25, 0.3) is 0 Å². The monoisotopic (exact) mass is 490 g/mol. The number of anilines is 2. The lowest BCUT2D eigenvalue weighted by atomic mass is 10.1. The molecule has 34 heavy (non-hydrogen) atoms. The number of carbonyl (C=O) groups is 3. The molecule has 0 bridgehead atoms. The summed E-state index contributed by atoms with van der Waals surface area (Å²) >= 11 is 0. The van der Waals surface area contributed by atoms with Gasteiger partial charge >= 0.3 is 0 Å². The van der Waals surface area contributed by atoms with E-state index in [1.807, 2.05) is 0 Å². The standard InChI is InChI=1S/C23H26N2O8S/c1-5-25-17-10-15(6-8-18(17)33-12-22(25)27)23(28)14(2)34(29,30)13-21(26)24-16-7-9-19(31-3)20(11-16)32-4/h6-11,14H,5,12-13H2,1-4H3,(H,24,26). The Kier molecular flexibility index (Phi) is 7.45. The van der Waals surface area contributed by atoms with E-state index in [1.54, 1.807) is 13.0 Å². The minimum atomic E-state index is -4.14. The molecule has 1 N–H and O–H groups in total. The number of hydrogen-bond donors (Lipinski definition) is 1. The van der Waals surface area contributed by atoms with Gasteiger partial charge in [-0.15, -0.1) is 0 Å². The van der Waals surface area contributed by atoms with Crippen LogP contribution in [0.4, 0.5) is 11.4 Å². The number of likely N-dealkylation sites (N-methyl/N-ethyl adjacent to an activating group) is 1. The van der Waals surface area contributed by atoms with E-state index in [0.29, 0.717) is 35.2 Å². The number of ketones is 1. The first-order valence-corrected chi connectivity index (χ1v) is 12.2. The Morgan fingerprint density at radius 2 is 1.82 bits per heavy atom. The van der Waals surface area contributed by atoms with Gasteiger partial charge in [0.2, 0.25) is 5.91 Å². The normalized spacial score (nSPS) is 14.0. The smallest absolute Gasteiger partial charge is 0.265 e. The molecular formula is C23H26N2O8S. The summed E-state index contributed by atoms with van der Waals surface area (Å²) in [7, 11) is -1.24. The second kappa shape index (κ2) is 10.1. The number of hydrogen-bond acceptors (Lipinski definition) is 8. The summed E-state index contributed by atoms with van der Waals surface area (Å²) in [6, 6.07) is 9.01. The maximum absolute atomic E-state index is 13.0. The van der Waals surface area contributed by atoms with Crippen molar-refractivity contribution in [2.75, 3.05) is 43.3 Å². The Morgan fingerprint density at radius 1 is 1.12 bits per heavy atom. The Bertz CT molecular complexity index is 1230. The molecule has 10 nitrogen and oxygen atoms in total. The molecular weight excluding hydrogens is 464 g/mol. The van der Waals surface area contributed by atoms with Crippen LogP contribution in [0, 0.1) is 0 Å². The van der Waals surface area contributed by atoms with Gasteiger partial charge in [-0.05, 0) is 44.2 Å². The van der Waals surface area contributed by atoms with E-state index < -0.39 is 32.5 Å². The zero-order valence-electron chi connectivity index (χ0n) is 19.3. The third-order valence-corrected chi connectivity index (χ3v) is 7.37. The quantitative estimate of drug-likeness (QED) is 0.529. The topological polar surface area (TPSA) is 128 Å². The predicted octanol–water partition coefficient (Wildman–Crippen LogP) is 2.07. The fourth-order valence-corrected chi connectivity index (χ4v) is 4.67. The average molecular weight is 491 g/mol. The summed E-state index contributed by atoms with van der Waals surface area (Å²) in [5, 5.41) is 1.02. The summed E-state index contributed by atoms with van der Waals surface area (Å²) in [5.41, 5.74) is 0.822. The van der Waals surface area contributed by atoms with Crippen LogP contribution in [0.2, 0.25) is 0 Å². The molecule has 1 aliphatic heterocycles. The molecule has 2 amide bonds. The van der Waals surface area contributed by atoms with Crippen molar-refractivity contribution >= 4 is 38.8 Å². The molecule has 1 atom stereocenters. The van der Waals surface area contributed by atoms with Crippen LogP contribution in [0.15, 0.2) is 36.4 Å². The summed E-state index contributed by atoms with van der Waals surface area (Å²) in [6.07, 6.45) is 0. The van der Waals surface area contributed by atoms with Gasteiger partial charge in [-0.2, -0.15) is 0 Å². The molecule has 1 heterocycles. The fourth-order valence-electron chi connectivity index (χ4n) is 3.52. The highest BCUT2D eigenvalue weighted by Crippen LogP contribution is 2.33. The summed E-state index contributed by atoms with van der Waals surface area (Å²) in [6.45, 7) is 3.29. The van der Waals surface area contributed by atoms with Gasteiger partial charge in [-0.1, -0.05) is 0 Å². The number of rotatable bonds is 9. The first-order valence-electron chi connectivity index (χ1n) is 10.5. The zero-order valence-corrected chi connectivity index (χ0v) is 20.1. The number of sulfone groups is 1. The molecule has 11 heteroatoms. The van der Waals surface area contributed by atoms with Crippen LogP contribution in [-0.4, -0.2) is 64.4 Å². The van der Waals surface area contributed by atoms with Crippen LogP contribution in [0.5, 0.6) is 17.2 Å². The van der Waals surface area contributed by atoms with Gasteiger partial charge in [0.1, 0.15) is 16.8 Å². The average Bonchev–Trinajstić information content (AvgIpc) is 2.82. The number of benzene rings is 2.